The van der Waals surface area contributed by atoms with Crippen molar-refractivity contribution in [2.75, 3.05) is 5.75 Å². The van der Waals surface area contributed by atoms with Gasteiger partial charge in [-0.25, -0.2) is 0 Å². The van der Waals surface area contributed by atoms with Crippen molar-refractivity contribution in [3.05, 3.63) is 28.5 Å². The Hall–Kier alpha value is -0.210. The van der Waals surface area contributed by atoms with Crippen LogP contribution in [-0.4, -0.2) is 5.75 Å². The summed E-state index contributed by atoms with van der Waals surface area (Å²) in [5, 5.41) is 0. The first kappa shape index (κ1) is 9.87. The Morgan fingerprint density at radius 2 is 2.33 bits per heavy atom. The Balaban J connectivity index is 2.50. The van der Waals surface area contributed by atoms with E-state index in [1.54, 1.807) is 0 Å². The van der Waals surface area contributed by atoms with Crippen LogP contribution in [0.1, 0.15) is 16.2 Å². The first-order chi connectivity index (χ1) is 5.74. The second kappa shape index (κ2) is 4.73. The third-order valence-corrected chi connectivity index (χ3v) is 3.84. The van der Waals surface area contributed by atoms with Crippen molar-refractivity contribution in [2.24, 2.45) is 0 Å². The second-order valence-electron chi connectivity index (χ2n) is 2.70. The van der Waals surface area contributed by atoms with Crippen molar-refractivity contribution < 1.29 is 0 Å². The fraction of sp³-hybridized carbons (Fsp3) is 0.400. The zero-order valence-electron chi connectivity index (χ0n) is 7.59. The summed E-state index contributed by atoms with van der Waals surface area (Å²) in [7, 11) is 0. The molecule has 1 aromatic rings. The van der Waals surface area contributed by atoms with Crippen LogP contribution in [0.25, 0.3) is 0 Å². The van der Waals surface area contributed by atoms with Crippen LogP contribution in [0.2, 0.25) is 0 Å². The summed E-state index contributed by atoms with van der Waals surface area (Å²) >= 11 is 3.81. The van der Waals surface area contributed by atoms with E-state index in [1.165, 1.54) is 14.6 Å². The molecule has 0 aromatic carbocycles. The van der Waals surface area contributed by atoms with Crippen LogP contribution in [0, 0.1) is 13.8 Å². The van der Waals surface area contributed by atoms with Crippen LogP contribution >= 0.6 is 23.1 Å². The van der Waals surface area contributed by atoms with Crippen LogP contribution < -0.4 is 0 Å². The molecule has 2 heteroatoms. The van der Waals surface area contributed by atoms with Crippen LogP contribution in [0.15, 0.2) is 23.6 Å². The van der Waals surface area contributed by atoms with E-state index in [1.807, 2.05) is 29.2 Å². The van der Waals surface area contributed by atoms with Gasteiger partial charge in [0.25, 0.3) is 0 Å². The monoisotopic (exact) mass is 198 g/mol. The fourth-order valence-corrected chi connectivity index (χ4v) is 3.17. The molecule has 0 atom stereocenters. The molecule has 12 heavy (non-hydrogen) atoms. The Labute approximate surface area is 82.7 Å². The Kier molecular flexibility index (Phi) is 3.89. The molecule has 0 saturated heterocycles. The third kappa shape index (κ3) is 2.68. The molecule has 0 saturated carbocycles. The maximum atomic E-state index is 3.71. The molecule has 0 aliphatic carbocycles. The summed E-state index contributed by atoms with van der Waals surface area (Å²) in [6.45, 7) is 8.06. The van der Waals surface area contributed by atoms with Gasteiger partial charge in [0.05, 0.1) is 0 Å². The molecule has 0 unspecified atom stereocenters. The summed E-state index contributed by atoms with van der Waals surface area (Å²) in [6, 6.07) is 2.27. The lowest BCUT2D eigenvalue weighted by Gasteiger charge is -1.96. The molecular formula is C10H14S2. The Morgan fingerprint density at radius 1 is 1.58 bits per heavy atom. The van der Waals surface area contributed by atoms with Crippen LogP contribution in [0.3, 0.4) is 0 Å². The van der Waals surface area contributed by atoms with Crippen LogP contribution in [0.5, 0.6) is 0 Å². The number of thioether (sulfide) groups is 1. The molecule has 0 bridgehead atoms. The number of hydrogen-bond acceptors (Lipinski definition) is 2. The summed E-state index contributed by atoms with van der Waals surface area (Å²) in [5.74, 6) is 1.15. The average Bonchev–Trinajstić information content (AvgIpc) is 2.31. The van der Waals surface area contributed by atoms with Gasteiger partial charge in [-0.2, -0.15) is 0 Å². The predicted octanol–water partition coefficient (Wildman–Crippen LogP) is 4.03. The zero-order chi connectivity index (χ0) is 8.97. The third-order valence-electron chi connectivity index (χ3n) is 1.57. The minimum atomic E-state index is 1.10. The minimum Gasteiger partial charge on any atom is -0.145 e. The van der Waals surface area contributed by atoms with Crippen LogP contribution in [0.4, 0.5) is 0 Å². The highest BCUT2D eigenvalue weighted by Gasteiger charge is 2.01. The molecule has 1 rings (SSSR count). The molecule has 0 nitrogen and oxygen atoms in total. The molecule has 1 heterocycles. The van der Waals surface area contributed by atoms with Crippen molar-refractivity contribution in [2.45, 2.75) is 25.2 Å². The highest BCUT2D eigenvalue weighted by atomic mass is 32.2. The summed E-state index contributed by atoms with van der Waals surface area (Å²) in [4.78, 5) is 4.30. The highest BCUT2D eigenvalue weighted by molar-refractivity contribution is 7.99. The summed E-state index contributed by atoms with van der Waals surface area (Å²) in [5.41, 5.74) is 0. The van der Waals surface area contributed by atoms with Gasteiger partial charge in [-0.3, -0.25) is 0 Å². The fourth-order valence-electron chi connectivity index (χ4n) is 1.00. The van der Waals surface area contributed by atoms with E-state index in [0.717, 1.165) is 12.2 Å². The quantitative estimate of drug-likeness (QED) is 0.400. The number of allylic oxidation sites excluding steroid dienone is 1. The van der Waals surface area contributed by atoms with Crippen molar-refractivity contribution in [3.8, 4) is 0 Å². The molecule has 0 aliphatic heterocycles. The Morgan fingerprint density at radius 3 is 2.83 bits per heavy atom. The number of aryl methyl sites for hydroxylation is 2. The molecule has 66 valence electrons. The van der Waals surface area contributed by atoms with Gasteiger partial charge in [0, 0.05) is 20.4 Å². The van der Waals surface area contributed by atoms with Gasteiger partial charge in [0.1, 0.15) is 0 Å². The van der Waals surface area contributed by atoms with Gasteiger partial charge in [0.15, 0.2) is 0 Å². The van der Waals surface area contributed by atoms with Crippen molar-refractivity contribution >= 4 is 23.1 Å². The molecule has 1 aromatic heterocycles. The lowest BCUT2D eigenvalue weighted by molar-refractivity contribution is 1.24. The van der Waals surface area contributed by atoms with E-state index in [4.69, 9.17) is 0 Å². The number of thiophene rings is 1. The predicted molar refractivity (Wildman–Crippen MR) is 59.3 cm³/mol. The lowest BCUT2D eigenvalue weighted by atomic mass is 10.4. The smallest absolute Gasteiger partial charge is 0.0211 e. The summed E-state index contributed by atoms with van der Waals surface area (Å²) in [6.07, 6.45) is 3.07. The first-order valence-electron chi connectivity index (χ1n) is 4.04. The van der Waals surface area contributed by atoms with Gasteiger partial charge in [0.2, 0.25) is 0 Å². The molecular weight excluding hydrogens is 184 g/mol. The maximum Gasteiger partial charge on any atom is 0.0211 e. The SMILES string of the molecule is C=CCCSc1cc(C)sc1C. The van der Waals surface area contributed by atoms with E-state index < -0.39 is 0 Å². The van der Waals surface area contributed by atoms with E-state index >= 15 is 0 Å². The second-order valence-corrected chi connectivity index (χ2v) is 5.30. The van der Waals surface area contributed by atoms with E-state index in [2.05, 4.69) is 26.5 Å². The molecule has 0 N–H and O–H groups in total. The van der Waals surface area contributed by atoms with E-state index in [0.29, 0.717) is 0 Å². The van der Waals surface area contributed by atoms with Crippen molar-refractivity contribution in [3.63, 3.8) is 0 Å². The lowest BCUT2D eigenvalue weighted by Crippen LogP contribution is -1.75. The molecule has 0 amide bonds. The Bertz CT molecular complexity index is 261. The normalized spacial score (nSPS) is 10.2. The molecule has 0 radical (unpaired) electrons. The van der Waals surface area contributed by atoms with Gasteiger partial charge >= 0.3 is 0 Å². The summed E-state index contributed by atoms with van der Waals surface area (Å²) < 4.78 is 0. The first-order valence-corrected chi connectivity index (χ1v) is 5.85. The van der Waals surface area contributed by atoms with E-state index in [9.17, 15) is 0 Å². The standard InChI is InChI=1S/C10H14S2/c1-4-5-6-11-10-7-8(2)12-9(10)3/h4,7H,1,5-6H2,2-3H3. The number of rotatable bonds is 4. The maximum absolute atomic E-state index is 3.71. The zero-order valence-corrected chi connectivity index (χ0v) is 9.23. The van der Waals surface area contributed by atoms with Crippen molar-refractivity contribution in [1.82, 2.24) is 0 Å². The average molecular weight is 198 g/mol. The van der Waals surface area contributed by atoms with Gasteiger partial charge in [-0.1, -0.05) is 6.08 Å². The molecule has 0 spiro atoms. The largest absolute Gasteiger partial charge is 0.145 e. The van der Waals surface area contributed by atoms with Crippen LogP contribution in [-0.2, 0) is 0 Å². The van der Waals surface area contributed by atoms with Gasteiger partial charge in [-0.15, -0.1) is 29.7 Å². The molecule has 0 fully saturated rings. The topological polar surface area (TPSA) is 0 Å². The van der Waals surface area contributed by atoms with Gasteiger partial charge < -0.3 is 0 Å². The number of hydrogen-bond donors (Lipinski definition) is 0. The van der Waals surface area contributed by atoms with Gasteiger partial charge in [-0.05, 0) is 26.3 Å². The minimum absolute atomic E-state index is 1.10. The highest BCUT2D eigenvalue weighted by Crippen LogP contribution is 2.29. The van der Waals surface area contributed by atoms with Crippen molar-refractivity contribution in [1.29, 1.82) is 0 Å². The van der Waals surface area contributed by atoms with E-state index in [-0.39, 0.29) is 0 Å². The molecule has 0 aliphatic rings.